The van der Waals surface area contributed by atoms with Crippen LogP contribution in [0.2, 0.25) is 0 Å². The monoisotopic (exact) mass is 370 g/mol. The van der Waals surface area contributed by atoms with Gasteiger partial charge in [-0.25, -0.2) is 4.79 Å². The van der Waals surface area contributed by atoms with Crippen molar-refractivity contribution in [1.29, 1.82) is 0 Å². The lowest BCUT2D eigenvalue weighted by atomic mass is 10.1. The van der Waals surface area contributed by atoms with Crippen molar-refractivity contribution in [1.82, 2.24) is 0 Å². The van der Waals surface area contributed by atoms with Gasteiger partial charge in [0.1, 0.15) is 10.5 Å². The number of aryl methyl sites for hydroxylation is 2. The summed E-state index contributed by atoms with van der Waals surface area (Å²) < 4.78 is 35.6. The minimum atomic E-state index is -4.10. The van der Waals surface area contributed by atoms with Crippen LogP contribution in [0.3, 0.4) is 0 Å². The molecule has 0 heterocycles. The van der Waals surface area contributed by atoms with E-state index in [1.807, 2.05) is 31.2 Å². The summed E-state index contributed by atoms with van der Waals surface area (Å²) in [7, 11) is -2.87. The van der Waals surface area contributed by atoms with Gasteiger partial charge in [0.2, 0.25) is 0 Å². The van der Waals surface area contributed by atoms with E-state index in [9.17, 15) is 13.2 Å². The van der Waals surface area contributed by atoms with Gasteiger partial charge in [0.05, 0.1) is 7.11 Å². The second-order valence-electron chi connectivity index (χ2n) is 5.99. The predicted molar refractivity (Wildman–Crippen MR) is 99.0 cm³/mol. The molecule has 0 unspecified atom stereocenters. The van der Waals surface area contributed by atoms with E-state index in [0.717, 1.165) is 16.3 Å². The van der Waals surface area contributed by atoms with Gasteiger partial charge in [-0.15, -0.1) is 0 Å². The molecule has 0 aliphatic heterocycles. The Morgan fingerprint density at radius 1 is 0.923 bits per heavy atom. The van der Waals surface area contributed by atoms with Crippen LogP contribution < -0.4 is 4.18 Å². The summed E-state index contributed by atoms with van der Waals surface area (Å²) in [5.74, 6) is -0.725. The van der Waals surface area contributed by atoms with E-state index in [1.54, 1.807) is 25.1 Å². The minimum Gasteiger partial charge on any atom is -0.465 e. The van der Waals surface area contributed by atoms with Crippen molar-refractivity contribution in [3.63, 3.8) is 0 Å². The molecule has 0 bridgehead atoms. The molecule has 134 valence electrons. The van der Waals surface area contributed by atoms with Crippen LogP contribution in [0.25, 0.3) is 10.8 Å². The van der Waals surface area contributed by atoms with Gasteiger partial charge in [0, 0.05) is 0 Å². The average molecular weight is 370 g/mol. The van der Waals surface area contributed by atoms with E-state index in [1.165, 1.54) is 19.2 Å². The molecule has 0 saturated heterocycles. The highest BCUT2D eigenvalue weighted by molar-refractivity contribution is 7.87. The van der Waals surface area contributed by atoms with Gasteiger partial charge in [-0.1, -0.05) is 42.0 Å². The molecule has 3 rings (SSSR count). The summed E-state index contributed by atoms with van der Waals surface area (Å²) >= 11 is 0. The quantitative estimate of drug-likeness (QED) is 0.513. The van der Waals surface area contributed by atoms with Crippen LogP contribution in [-0.2, 0) is 14.9 Å². The lowest BCUT2D eigenvalue weighted by Gasteiger charge is -2.13. The third kappa shape index (κ3) is 3.41. The maximum atomic E-state index is 12.8. The molecule has 0 atom stereocenters. The van der Waals surface area contributed by atoms with Gasteiger partial charge in [-0.05, 0) is 48.4 Å². The zero-order valence-electron chi connectivity index (χ0n) is 14.6. The molecule has 3 aromatic carbocycles. The van der Waals surface area contributed by atoms with Crippen LogP contribution in [-0.4, -0.2) is 21.5 Å². The molecule has 6 heteroatoms. The van der Waals surface area contributed by atoms with Crippen LogP contribution >= 0.6 is 0 Å². The molecular weight excluding hydrogens is 352 g/mol. The highest BCUT2D eigenvalue weighted by Crippen LogP contribution is 2.30. The lowest BCUT2D eigenvalue weighted by Crippen LogP contribution is -2.14. The molecule has 0 aromatic heterocycles. The van der Waals surface area contributed by atoms with Crippen molar-refractivity contribution < 1.29 is 22.1 Å². The molecule has 0 saturated carbocycles. The largest absolute Gasteiger partial charge is 0.465 e. The highest BCUT2D eigenvalue weighted by Gasteiger charge is 2.23. The fraction of sp³-hybridized carbons (Fsp3) is 0.150. The molecule has 3 aromatic rings. The van der Waals surface area contributed by atoms with E-state index in [2.05, 4.69) is 0 Å². The number of benzene rings is 3. The number of carbonyl (C=O) groups excluding carboxylic acids is 1. The Balaban J connectivity index is 2.13. The van der Waals surface area contributed by atoms with E-state index in [4.69, 9.17) is 8.92 Å². The molecule has 26 heavy (non-hydrogen) atoms. The van der Waals surface area contributed by atoms with Crippen molar-refractivity contribution in [2.24, 2.45) is 0 Å². The van der Waals surface area contributed by atoms with Crippen molar-refractivity contribution in [3.05, 3.63) is 71.3 Å². The van der Waals surface area contributed by atoms with Crippen LogP contribution in [0.4, 0.5) is 0 Å². The zero-order chi connectivity index (χ0) is 18.9. The third-order valence-electron chi connectivity index (χ3n) is 4.05. The summed E-state index contributed by atoms with van der Waals surface area (Å²) in [6.07, 6.45) is 0. The molecule has 0 amide bonds. The molecule has 0 aliphatic rings. The molecule has 0 spiro atoms. The second kappa shape index (κ2) is 6.80. The Labute approximate surface area is 152 Å². The van der Waals surface area contributed by atoms with Crippen molar-refractivity contribution in [2.45, 2.75) is 18.7 Å². The van der Waals surface area contributed by atoms with Gasteiger partial charge in [0.25, 0.3) is 0 Å². The summed E-state index contributed by atoms with van der Waals surface area (Å²) in [6.45, 7) is 3.58. The Morgan fingerprint density at radius 2 is 1.58 bits per heavy atom. The van der Waals surface area contributed by atoms with Crippen LogP contribution in [0.15, 0.2) is 59.5 Å². The number of fused-ring (bicyclic) bond motifs is 1. The predicted octanol–water partition coefficient (Wildman–Crippen LogP) is 4.01. The molecule has 0 aliphatic carbocycles. The van der Waals surface area contributed by atoms with E-state index in [-0.39, 0.29) is 16.2 Å². The topological polar surface area (TPSA) is 69.7 Å². The van der Waals surface area contributed by atoms with E-state index >= 15 is 0 Å². The van der Waals surface area contributed by atoms with Gasteiger partial charge >= 0.3 is 16.1 Å². The smallest absolute Gasteiger partial charge is 0.341 e. The number of hydrogen-bond acceptors (Lipinski definition) is 5. The van der Waals surface area contributed by atoms with Crippen LogP contribution in [0.5, 0.6) is 5.75 Å². The molecule has 0 N–H and O–H groups in total. The number of rotatable bonds is 4. The average Bonchev–Trinajstić information content (AvgIpc) is 2.59. The van der Waals surface area contributed by atoms with E-state index < -0.39 is 16.1 Å². The second-order valence-corrected chi connectivity index (χ2v) is 7.51. The first kappa shape index (κ1) is 17.9. The molecule has 0 radical (unpaired) electrons. The number of hydrogen-bond donors (Lipinski definition) is 0. The lowest BCUT2D eigenvalue weighted by molar-refractivity contribution is 0.0599. The molecule has 5 nitrogen and oxygen atoms in total. The van der Waals surface area contributed by atoms with Crippen molar-refractivity contribution >= 4 is 26.9 Å². The van der Waals surface area contributed by atoms with Crippen LogP contribution in [0, 0.1) is 13.8 Å². The first-order valence-corrected chi connectivity index (χ1v) is 9.35. The van der Waals surface area contributed by atoms with Crippen molar-refractivity contribution in [3.8, 4) is 5.75 Å². The van der Waals surface area contributed by atoms with Gasteiger partial charge in [-0.2, -0.15) is 8.42 Å². The Kier molecular flexibility index (Phi) is 4.70. The number of methoxy groups -OCH3 is 1. The first-order chi connectivity index (χ1) is 12.3. The summed E-state index contributed by atoms with van der Waals surface area (Å²) in [6, 6.07) is 15.3. The fourth-order valence-electron chi connectivity index (χ4n) is 2.80. The maximum absolute atomic E-state index is 12.8. The normalized spacial score (nSPS) is 11.3. The minimum absolute atomic E-state index is 0.0551. The molecular formula is C20H18O5S. The summed E-state index contributed by atoms with van der Waals surface area (Å²) in [4.78, 5) is 12.2. The third-order valence-corrected chi connectivity index (χ3v) is 5.45. The standard InChI is InChI=1S/C20H18O5S/c1-13-8-9-19(14(2)10-13)26(22,23)25-18-12-16-7-5-4-6-15(16)11-17(18)20(21)24-3/h4-12H,1-3H3. The molecule has 0 fully saturated rings. The Hall–Kier alpha value is -2.86. The van der Waals surface area contributed by atoms with Crippen molar-refractivity contribution in [2.75, 3.05) is 7.11 Å². The highest BCUT2D eigenvalue weighted by atomic mass is 32.2. The van der Waals surface area contributed by atoms with Gasteiger partial charge < -0.3 is 8.92 Å². The number of carbonyl (C=O) groups is 1. The summed E-state index contributed by atoms with van der Waals surface area (Å²) in [5, 5.41) is 1.54. The SMILES string of the molecule is COC(=O)c1cc2ccccc2cc1OS(=O)(=O)c1ccc(C)cc1C. The van der Waals surface area contributed by atoms with Gasteiger partial charge in [-0.3, -0.25) is 0 Å². The van der Waals surface area contributed by atoms with Gasteiger partial charge in [0.15, 0.2) is 5.75 Å². The zero-order valence-corrected chi connectivity index (χ0v) is 15.5. The van der Waals surface area contributed by atoms with Crippen LogP contribution in [0.1, 0.15) is 21.5 Å². The fourth-order valence-corrected chi connectivity index (χ4v) is 3.95. The Morgan fingerprint density at radius 3 is 2.19 bits per heavy atom. The van der Waals surface area contributed by atoms with E-state index in [0.29, 0.717) is 5.56 Å². The number of esters is 1. The summed E-state index contributed by atoms with van der Waals surface area (Å²) in [5.41, 5.74) is 1.58. The first-order valence-electron chi connectivity index (χ1n) is 7.94. The Bertz CT molecular complexity index is 1100. The number of ether oxygens (including phenoxy) is 1. The maximum Gasteiger partial charge on any atom is 0.341 e.